The molecule has 0 atom stereocenters. The van der Waals surface area contributed by atoms with Crippen molar-refractivity contribution in [1.82, 2.24) is 0 Å². The molecule has 0 amide bonds. The first-order chi connectivity index (χ1) is 12.2. The summed E-state index contributed by atoms with van der Waals surface area (Å²) in [6, 6.07) is 7.56. The Balaban J connectivity index is 1.98. The summed E-state index contributed by atoms with van der Waals surface area (Å²) >= 11 is 1.66. The topological polar surface area (TPSA) is 52.6 Å². The van der Waals surface area contributed by atoms with Crippen LogP contribution in [0.15, 0.2) is 29.2 Å². The molecule has 25 heavy (non-hydrogen) atoms. The predicted octanol–water partition coefficient (Wildman–Crippen LogP) is 5.39. The van der Waals surface area contributed by atoms with Crippen LogP contribution in [0.4, 0.5) is 0 Å². The molecule has 0 bridgehead atoms. The van der Waals surface area contributed by atoms with Gasteiger partial charge in [0.1, 0.15) is 5.75 Å². The second kappa shape index (κ2) is 13.8. The number of ether oxygens (including phenoxy) is 2. The zero-order valence-corrected chi connectivity index (χ0v) is 16.2. The third kappa shape index (κ3) is 10.9. The zero-order chi connectivity index (χ0) is 18.3. The van der Waals surface area contributed by atoms with Gasteiger partial charge in [-0.3, -0.25) is 9.59 Å². The van der Waals surface area contributed by atoms with Gasteiger partial charge in [-0.1, -0.05) is 32.6 Å². The van der Waals surface area contributed by atoms with Gasteiger partial charge in [-0.15, -0.1) is 11.8 Å². The van der Waals surface area contributed by atoms with Crippen molar-refractivity contribution in [1.29, 1.82) is 0 Å². The van der Waals surface area contributed by atoms with Crippen LogP contribution in [0.5, 0.6) is 5.75 Å². The lowest BCUT2D eigenvalue weighted by Gasteiger charge is -2.05. The van der Waals surface area contributed by atoms with Crippen molar-refractivity contribution in [3.8, 4) is 5.75 Å². The number of carbonyl (C=O) groups excluding carboxylic acids is 2. The summed E-state index contributed by atoms with van der Waals surface area (Å²) in [5.74, 6) is 0.350. The van der Waals surface area contributed by atoms with Crippen molar-refractivity contribution >= 4 is 23.7 Å². The Labute approximate surface area is 155 Å². The Hall–Kier alpha value is -1.49. The molecule has 0 aliphatic heterocycles. The van der Waals surface area contributed by atoms with E-state index in [-0.39, 0.29) is 11.9 Å². The van der Waals surface area contributed by atoms with Gasteiger partial charge in [-0.25, -0.2) is 0 Å². The van der Waals surface area contributed by atoms with E-state index in [0.717, 1.165) is 49.8 Å². The molecule has 0 unspecified atom stereocenters. The van der Waals surface area contributed by atoms with Crippen molar-refractivity contribution in [2.24, 2.45) is 0 Å². The fourth-order valence-corrected chi connectivity index (χ4v) is 2.77. The average Bonchev–Trinajstić information content (AvgIpc) is 2.62. The summed E-state index contributed by atoms with van der Waals surface area (Å²) in [7, 11) is 0. The Morgan fingerprint density at radius 1 is 0.880 bits per heavy atom. The smallest absolute Gasteiger partial charge is 0.311 e. The molecule has 1 aromatic carbocycles. The first-order valence-corrected chi connectivity index (χ1v) is 10.4. The lowest BCUT2D eigenvalue weighted by atomic mass is 10.1. The summed E-state index contributed by atoms with van der Waals surface area (Å²) < 4.78 is 10.4. The van der Waals surface area contributed by atoms with Crippen molar-refractivity contribution < 1.29 is 19.1 Å². The van der Waals surface area contributed by atoms with Gasteiger partial charge in [0.05, 0.1) is 6.61 Å². The number of unbranched alkanes of at least 4 members (excludes halogenated alkanes) is 5. The van der Waals surface area contributed by atoms with E-state index < -0.39 is 0 Å². The van der Waals surface area contributed by atoms with Crippen LogP contribution in [0.2, 0.25) is 0 Å². The van der Waals surface area contributed by atoms with Gasteiger partial charge in [-0.05, 0) is 49.8 Å². The molecular formula is C20H30O4S. The third-order valence-corrected chi connectivity index (χ3v) is 4.51. The quantitative estimate of drug-likeness (QED) is 0.203. The first-order valence-electron chi connectivity index (χ1n) is 9.16. The van der Waals surface area contributed by atoms with Gasteiger partial charge in [0.2, 0.25) is 0 Å². The molecule has 4 nitrogen and oxygen atoms in total. The maximum absolute atomic E-state index is 11.8. The average molecular weight is 367 g/mol. The molecule has 0 aromatic heterocycles. The van der Waals surface area contributed by atoms with Gasteiger partial charge in [0.25, 0.3) is 0 Å². The van der Waals surface area contributed by atoms with Crippen molar-refractivity contribution in [2.75, 3.05) is 12.9 Å². The number of hydrogen-bond acceptors (Lipinski definition) is 5. The highest BCUT2D eigenvalue weighted by atomic mass is 32.2. The Morgan fingerprint density at radius 3 is 2.00 bits per heavy atom. The van der Waals surface area contributed by atoms with E-state index in [4.69, 9.17) is 9.47 Å². The van der Waals surface area contributed by atoms with Crippen LogP contribution in [-0.4, -0.2) is 24.8 Å². The first kappa shape index (κ1) is 21.6. The largest absolute Gasteiger partial charge is 0.466 e. The molecular weight excluding hydrogens is 336 g/mol. The molecule has 0 radical (unpaired) electrons. The highest BCUT2D eigenvalue weighted by Gasteiger charge is 2.05. The number of benzene rings is 1. The monoisotopic (exact) mass is 366 g/mol. The normalized spacial score (nSPS) is 10.5. The molecule has 1 aromatic rings. The maximum atomic E-state index is 11.8. The van der Waals surface area contributed by atoms with Crippen LogP contribution >= 0.6 is 11.8 Å². The van der Waals surface area contributed by atoms with Gasteiger partial charge in [0.15, 0.2) is 0 Å². The molecule has 0 saturated carbocycles. The maximum Gasteiger partial charge on any atom is 0.311 e. The summed E-state index contributed by atoms with van der Waals surface area (Å²) in [5, 5.41) is 0. The highest BCUT2D eigenvalue weighted by molar-refractivity contribution is 7.98. The standard InChI is InChI=1S/C20H30O4S/c1-3-16-23-19(21)10-8-6-4-5-7-9-11-20(22)24-17-12-14-18(25-2)15-13-17/h12-15H,3-11,16H2,1-2H3. The number of rotatable bonds is 13. The molecule has 5 heteroatoms. The minimum absolute atomic E-state index is 0.0878. The second-order valence-corrected chi connectivity index (χ2v) is 6.87. The summed E-state index contributed by atoms with van der Waals surface area (Å²) in [6.07, 6.45) is 9.81. The molecule has 0 fully saturated rings. The van der Waals surface area contributed by atoms with Gasteiger partial charge < -0.3 is 9.47 Å². The van der Waals surface area contributed by atoms with Gasteiger partial charge in [0, 0.05) is 17.7 Å². The highest BCUT2D eigenvalue weighted by Crippen LogP contribution is 2.19. The molecule has 140 valence electrons. The SMILES string of the molecule is CCCOC(=O)CCCCCCCCC(=O)Oc1ccc(SC)cc1. The predicted molar refractivity (Wildman–Crippen MR) is 102 cm³/mol. The van der Waals surface area contributed by atoms with Crippen LogP contribution in [-0.2, 0) is 14.3 Å². The number of esters is 2. The van der Waals surface area contributed by atoms with E-state index in [2.05, 4.69) is 0 Å². The summed E-state index contributed by atoms with van der Waals surface area (Å²) in [5.41, 5.74) is 0. The second-order valence-electron chi connectivity index (χ2n) is 5.99. The van der Waals surface area contributed by atoms with Crippen LogP contribution < -0.4 is 4.74 Å². The molecule has 0 spiro atoms. The molecule has 1 rings (SSSR count). The Bertz CT molecular complexity index is 499. The van der Waals surface area contributed by atoms with E-state index in [1.807, 2.05) is 37.4 Å². The summed E-state index contributed by atoms with van der Waals surface area (Å²) in [6.45, 7) is 2.51. The van der Waals surface area contributed by atoms with E-state index in [0.29, 0.717) is 25.2 Å². The van der Waals surface area contributed by atoms with E-state index >= 15 is 0 Å². The Morgan fingerprint density at radius 2 is 1.44 bits per heavy atom. The minimum atomic E-state index is -0.171. The minimum Gasteiger partial charge on any atom is -0.466 e. The van der Waals surface area contributed by atoms with Crippen LogP contribution in [0.25, 0.3) is 0 Å². The van der Waals surface area contributed by atoms with Crippen LogP contribution in [0.3, 0.4) is 0 Å². The van der Waals surface area contributed by atoms with Crippen molar-refractivity contribution in [3.63, 3.8) is 0 Å². The molecule has 0 saturated heterocycles. The van der Waals surface area contributed by atoms with E-state index in [1.165, 1.54) is 0 Å². The van der Waals surface area contributed by atoms with E-state index in [9.17, 15) is 9.59 Å². The number of thioether (sulfide) groups is 1. The fraction of sp³-hybridized carbons (Fsp3) is 0.600. The number of carbonyl (C=O) groups is 2. The lowest BCUT2D eigenvalue weighted by Crippen LogP contribution is -2.07. The fourth-order valence-electron chi connectivity index (χ4n) is 2.36. The Kier molecular flexibility index (Phi) is 11.9. The number of hydrogen-bond donors (Lipinski definition) is 0. The zero-order valence-electron chi connectivity index (χ0n) is 15.4. The van der Waals surface area contributed by atoms with Gasteiger partial charge >= 0.3 is 11.9 Å². The third-order valence-electron chi connectivity index (χ3n) is 3.77. The molecule has 0 heterocycles. The van der Waals surface area contributed by atoms with Crippen molar-refractivity contribution in [2.45, 2.75) is 69.6 Å². The van der Waals surface area contributed by atoms with Crippen LogP contribution in [0, 0.1) is 0 Å². The van der Waals surface area contributed by atoms with Crippen LogP contribution in [0.1, 0.15) is 64.7 Å². The lowest BCUT2D eigenvalue weighted by molar-refractivity contribution is -0.143. The summed E-state index contributed by atoms with van der Waals surface area (Å²) in [4.78, 5) is 24.3. The van der Waals surface area contributed by atoms with Crippen molar-refractivity contribution in [3.05, 3.63) is 24.3 Å². The van der Waals surface area contributed by atoms with Gasteiger partial charge in [-0.2, -0.15) is 0 Å². The molecule has 0 N–H and O–H groups in total. The molecule has 0 aliphatic rings. The van der Waals surface area contributed by atoms with E-state index in [1.54, 1.807) is 11.8 Å². The molecule has 0 aliphatic carbocycles.